The van der Waals surface area contributed by atoms with E-state index in [1.165, 1.54) is 19.0 Å². The number of carbonyl (C=O) groups is 1. The van der Waals surface area contributed by atoms with Crippen molar-refractivity contribution in [3.05, 3.63) is 53.1 Å². The first-order valence-electron chi connectivity index (χ1n) is 7.39. The average Bonchev–Trinajstić information content (AvgIpc) is 3.09. The summed E-state index contributed by atoms with van der Waals surface area (Å²) in [6.07, 6.45) is 0. The van der Waals surface area contributed by atoms with E-state index >= 15 is 0 Å². The van der Waals surface area contributed by atoms with Crippen LogP contribution in [0.25, 0.3) is 11.4 Å². The molecule has 0 spiro atoms. The third-order valence-electron chi connectivity index (χ3n) is 3.53. The summed E-state index contributed by atoms with van der Waals surface area (Å²) in [6.45, 7) is -0.0386. The van der Waals surface area contributed by atoms with Gasteiger partial charge in [0, 0.05) is 16.1 Å². The van der Waals surface area contributed by atoms with E-state index in [2.05, 4.69) is 15.4 Å². The molecule has 2 aromatic carbocycles. The molecule has 0 aliphatic rings. The van der Waals surface area contributed by atoms with Gasteiger partial charge in [-0.05, 0) is 35.5 Å². The molecule has 0 saturated heterocycles. The Morgan fingerprint density at radius 3 is 2.64 bits per heavy atom. The molecule has 0 aliphatic carbocycles. The number of aromatic nitrogens is 4. The maximum atomic E-state index is 12.4. The molecular weight excluding hydrogens is 344 g/mol. The van der Waals surface area contributed by atoms with Gasteiger partial charge in [-0.25, -0.2) is 0 Å². The van der Waals surface area contributed by atoms with E-state index in [0.717, 1.165) is 5.56 Å². The van der Waals surface area contributed by atoms with Crippen molar-refractivity contribution >= 4 is 17.4 Å². The van der Waals surface area contributed by atoms with E-state index in [1.807, 2.05) is 6.07 Å². The Morgan fingerprint density at radius 1 is 1.12 bits per heavy atom. The summed E-state index contributed by atoms with van der Waals surface area (Å²) in [5.74, 6) is 1.28. The summed E-state index contributed by atoms with van der Waals surface area (Å²) in [4.78, 5) is 13.7. The second kappa shape index (κ2) is 7.31. The Bertz CT molecular complexity index is 910. The second-order valence-electron chi connectivity index (χ2n) is 5.15. The molecule has 7 nitrogen and oxygen atoms in total. The minimum Gasteiger partial charge on any atom is -0.493 e. The first-order chi connectivity index (χ1) is 12.1. The SMILES string of the molecule is COc1ccc(C(=O)Cn2nnc(-c3cccc(Cl)c3)n2)cc1OC. The number of tetrazole rings is 1. The van der Waals surface area contributed by atoms with Crippen molar-refractivity contribution in [3.63, 3.8) is 0 Å². The van der Waals surface area contributed by atoms with E-state index in [9.17, 15) is 4.79 Å². The predicted octanol–water partition coefficient (Wildman–Crippen LogP) is 2.89. The molecule has 0 aliphatic heterocycles. The van der Waals surface area contributed by atoms with Gasteiger partial charge < -0.3 is 9.47 Å². The molecule has 0 bridgehead atoms. The fourth-order valence-corrected chi connectivity index (χ4v) is 2.47. The molecule has 0 atom stereocenters. The molecule has 8 heteroatoms. The van der Waals surface area contributed by atoms with Crippen LogP contribution in [0.1, 0.15) is 10.4 Å². The Kier molecular flexibility index (Phi) is 4.95. The number of hydrogen-bond donors (Lipinski definition) is 0. The molecule has 1 aromatic heterocycles. The number of rotatable bonds is 6. The molecule has 0 saturated carbocycles. The Labute approximate surface area is 149 Å². The highest BCUT2D eigenvalue weighted by molar-refractivity contribution is 6.30. The van der Waals surface area contributed by atoms with Crippen LogP contribution in [0.3, 0.4) is 0 Å². The van der Waals surface area contributed by atoms with Gasteiger partial charge in [0.2, 0.25) is 5.82 Å². The number of hydrogen-bond acceptors (Lipinski definition) is 6. The van der Waals surface area contributed by atoms with E-state index in [-0.39, 0.29) is 12.3 Å². The van der Waals surface area contributed by atoms with Crippen LogP contribution >= 0.6 is 11.6 Å². The van der Waals surface area contributed by atoms with E-state index < -0.39 is 0 Å². The average molecular weight is 359 g/mol. The largest absolute Gasteiger partial charge is 0.493 e. The van der Waals surface area contributed by atoms with Crippen molar-refractivity contribution in [1.29, 1.82) is 0 Å². The fraction of sp³-hybridized carbons (Fsp3) is 0.176. The van der Waals surface area contributed by atoms with Gasteiger partial charge in [0.15, 0.2) is 17.3 Å². The van der Waals surface area contributed by atoms with E-state index in [4.69, 9.17) is 21.1 Å². The van der Waals surface area contributed by atoms with Crippen LogP contribution in [0.4, 0.5) is 0 Å². The highest BCUT2D eigenvalue weighted by Crippen LogP contribution is 2.27. The van der Waals surface area contributed by atoms with Crippen LogP contribution in [0.2, 0.25) is 5.02 Å². The lowest BCUT2D eigenvalue weighted by Gasteiger charge is -2.08. The van der Waals surface area contributed by atoms with Crippen molar-refractivity contribution in [2.24, 2.45) is 0 Å². The molecule has 0 fully saturated rings. The number of Topliss-reactive ketones (excluding diaryl/α,β-unsaturated/α-hetero) is 1. The van der Waals surface area contributed by atoms with Crippen molar-refractivity contribution in [1.82, 2.24) is 20.2 Å². The molecule has 25 heavy (non-hydrogen) atoms. The quantitative estimate of drug-likeness (QED) is 0.630. The lowest BCUT2D eigenvalue weighted by molar-refractivity contribution is 0.0961. The zero-order chi connectivity index (χ0) is 17.8. The number of ketones is 1. The summed E-state index contributed by atoms with van der Waals surface area (Å²) in [5, 5.41) is 12.7. The van der Waals surface area contributed by atoms with Gasteiger partial charge in [-0.3, -0.25) is 4.79 Å². The lowest BCUT2D eigenvalue weighted by Crippen LogP contribution is -2.13. The second-order valence-corrected chi connectivity index (χ2v) is 5.58. The van der Waals surface area contributed by atoms with Crippen LogP contribution in [0, 0.1) is 0 Å². The summed E-state index contributed by atoms with van der Waals surface area (Å²) in [7, 11) is 3.05. The highest BCUT2D eigenvalue weighted by atomic mass is 35.5. The van der Waals surface area contributed by atoms with Crippen LogP contribution in [-0.4, -0.2) is 40.2 Å². The van der Waals surface area contributed by atoms with Crippen molar-refractivity contribution in [2.75, 3.05) is 14.2 Å². The minimum absolute atomic E-state index is 0.0386. The number of benzene rings is 2. The highest BCUT2D eigenvalue weighted by Gasteiger charge is 2.14. The number of nitrogens with zero attached hydrogens (tertiary/aromatic N) is 4. The molecule has 0 amide bonds. The van der Waals surface area contributed by atoms with Crippen LogP contribution in [0.15, 0.2) is 42.5 Å². The maximum absolute atomic E-state index is 12.4. The number of halogens is 1. The zero-order valence-corrected chi connectivity index (χ0v) is 14.4. The minimum atomic E-state index is -0.170. The third-order valence-corrected chi connectivity index (χ3v) is 3.76. The topological polar surface area (TPSA) is 79.1 Å². The summed E-state index contributed by atoms with van der Waals surface area (Å²) in [6, 6.07) is 12.1. The van der Waals surface area contributed by atoms with Gasteiger partial charge in [-0.15, -0.1) is 10.2 Å². The van der Waals surface area contributed by atoms with Crippen LogP contribution < -0.4 is 9.47 Å². The third kappa shape index (κ3) is 3.77. The van der Waals surface area contributed by atoms with Crippen molar-refractivity contribution in [2.45, 2.75) is 6.54 Å². The molecular formula is C17H15ClN4O3. The van der Waals surface area contributed by atoms with Crippen LogP contribution in [-0.2, 0) is 6.54 Å². The summed E-state index contributed by atoms with van der Waals surface area (Å²) < 4.78 is 10.4. The smallest absolute Gasteiger partial charge is 0.204 e. The molecule has 1 heterocycles. The molecule has 3 rings (SSSR count). The lowest BCUT2D eigenvalue weighted by atomic mass is 10.1. The Morgan fingerprint density at radius 2 is 1.92 bits per heavy atom. The molecule has 0 radical (unpaired) electrons. The van der Waals surface area contributed by atoms with Gasteiger partial charge in [0.05, 0.1) is 14.2 Å². The molecule has 0 N–H and O–H groups in total. The monoisotopic (exact) mass is 358 g/mol. The van der Waals surface area contributed by atoms with Gasteiger partial charge >= 0.3 is 0 Å². The molecule has 0 unspecified atom stereocenters. The number of carbonyl (C=O) groups excluding carboxylic acids is 1. The van der Waals surface area contributed by atoms with Crippen molar-refractivity contribution in [3.8, 4) is 22.9 Å². The first-order valence-corrected chi connectivity index (χ1v) is 7.77. The van der Waals surface area contributed by atoms with Gasteiger partial charge in [-0.1, -0.05) is 23.7 Å². The van der Waals surface area contributed by atoms with Crippen LogP contribution in [0.5, 0.6) is 11.5 Å². The Hall–Kier alpha value is -2.93. The van der Waals surface area contributed by atoms with Gasteiger partial charge in [0.25, 0.3) is 0 Å². The first kappa shape index (κ1) is 16.9. The predicted molar refractivity (Wildman–Crippen MR) is 92.1 cm³/mol. The van der Waals surface area contributed by atoms with E-state index in [0.29, 0.717) is 27.9 Å². The fourth-order valence-electron chi connectivity index (χ4n) is 2.28. The van der Waals surface area contributed by atoms with Gasteiger partial charge in [0.1, 0.15) is 6.54 Å². The van der Waals surface area contributed by atoms with E-state index in [1.54, 1.807) is 36.4 Å². The summed E-state index contributed by atoms with van der Waals surface area (Å²) >= 11 is 5.96. The number of ether oxygens (including phenoxy) is 2. The number of methoxy groups -OCH3 is 2. The standard InChI is InChI=1S/C17H15ClN4O3/c1-24-15-7-6-11(9-16(15)25-2)14(23)10-22-20-17(19-21-22)12-4-3-5-13(18)8-12/h3-9H,10H2,1-2H3. The van der Waals surface area contributed by atoms with Crippen molar-refractivity contribution < 1.29 is 14.3 Å². The normalized spacial score (nSPS) is 10.5. The zero-order valence-electron chi connectivity index (χ0n) is 13.6. The Balaban J connectivity index is 1.78. The van der Waals surface area contributed by atoms with Gasteiger partial charge in [-0.2, -0.15) is 4.80 Å². The molecule has 128 valence electrons. The molecule has 3 aromatic rings. The maximum Gasteiger partial charge on any atom is 0.204 e. The summed E-state index contributed by atoms with van der Waals surface area (Å²) in [5.41, 5.74) is 1.21.